The van der Waals surface area contributed by atoms with Crippen LogP contribution in [-0.4, -0.2) is 11.6 Å². The number of benzene rings is 12. The zero-order valence-corrected chi connectivity index (χ0v) is 52.4. The molecule has 0 atom stereocenters. The summed E-state index contributed by atoms with van der Waals surface area (Å²) in [5.41, 5.74) is 0. The zero-order valence-electron chi connectivity index (χ0n) is 47.3. The number of hydrogen-bond donors (Lipinski definition) is 0. The van der Waals surface area contributed by atoms with Crippen LogP contribution in [0.25, 0.3) is 0 Å². The Morgan fingerprint density at radius 2 is 0.274 bits per heavy atom. The predicted molar refractivity (Wildman–Crippen MR) is 367 cm³/mol. The summed E-state index contributed by atoms with van der Waals surface area (Å²) in [5, 5.41) is 16.8. The fourth-order valence-electron chi connectivity index (χ4n) is 9.06. The van der Waals surface area contributed by atoms with Crippen LogP contribution in [0.1, 0.15) is 20.3 Å². The van der Waals surface area contributed by atoms with E-state index in [1.807, 2.05) is 0 Å². The first kappa shape index (κ1) is 63.9. The quantitative estimate of drug-likeness (QED) is 0.0618. The Balaban J connectivity index is 0.000000154. The molecule has 0 aliphatic heterocycles. The molecule has 0 amide bonds. The van der Waals surface area contributed by atoms with E-state index in [9.17, 15) is 9.59 Å². The van der Waals surface area contributed by atoms with Gasteiger partial charge in [-0.3, -0.25) is 9.59 Å². The fraction of sp³-hybridized carbons (Fsp3) is 0.0390. The van der Waals surface area contributed by atoms with Crippen LogP contribution in [0.4, 0.5) is 0 Å². The monoisotopic (exact) mass is 1250 g/mol. The van der Waals surface area contributed by atoms with Gasteiger partial charge in [0.25, 0.3) is 0 Å². The number of ketones is 2. The Morgan fingerprint density at radius 3 is 0.333 bits per heavy atom. The first-order chi connectivity index (χ1) is 40.9. The molecule has 7 heteroatoms. The molecule has 0 bridgehead atoms. The van der Waals surface area contributed by atoms with E-state index >= 15 is 0 Å². The second-order valence-electron chi connectivity index (χ2n) is 18.9. The Bertz CT molecular complexity index is 2810. The second-order valence-corrected chi connectivity index (χ2v) is 27.8. The Kier molecular flexibility index (Phi) is 27.5. The van der Waals surface area contributed by atoms with Crippen LogP contribution in [0, 0.1) is 0 Å². The van der Waals surface area contributed by atoms with E-state index in [0.717, 1.165) is 0 Å². The van der Waals surface area contributed by atoms with Gasteiger partial charge in [0.15, 0.2) is 0 Å². The van der Waals surface area contributed by atoms with E-state index in [2.05, 4.69) is 364 Å². The average Bonchev–Trinajstić information content (AvgIpc) is 3.59. The summed E-state index contributed by atoms with van der Waals surface area (Å²) in [6.07, 6.45) is 0.0833. The molecule has 418 valence electrons. The van der Waals surface area contributed by atoms with Gasteiger partial charge in [-0.15, -0.1) is 0 Å². The summed E-state index contributed by atoms with van der Waals surface area (Å²) in [6.45, 7) is 2.81. The van der Waals surface area contributed by atoms with Crippen molar-refractivity contribution in [1.29, 1.82) is 0 Å². The number of hydrogen-bond acceptors (Lipinski definition) is 2. The minimum absolute atomic E-state index is 0. The van der Waals surface area contributed by atoms with E-state index in [0.29, 0.717) is 0 Å². The molecule has 0 spiro atoms. The minimum atomic E-state index is -0.446. The molecule has 12 aromatic carbocycles. The molecule has 0 saturated heterocycles. The van der Waals surface area contributed by atoms with Crippen molar-refractivity contribution in [3.63, 3.8) is 0 Å². The van der Waals surface area contributed by atoms with Crippen LogP contribution in [0.15, 0.2) is 364 Å². The molecule has 0 radical (unpaired) electrons. The van der Waals surface area contributed by atoms with Gasteiger partial charge in [-0.25, -0.2) is 0 Å². The molecule has 0 aliphatic carbocycles. The van der Waals surface area contributed by atoms with Crippen molar-refractivity contribution in [1.82, 2.24) is 0 Å². The number of rotatable bonds is 14. The van der Waals surface area contributed by atoms with Gasteiger partial charge in [-0.2, -0.15) is 0 Å². The summed E-state index contributed by atoms with van der Waals surface area (Å²) >= 11 is 0. The Hall–Kier alpha value is -7.64. The Labute approximate surface area is 517 Å². The average molecular weight is 1260 g/mol. The van der Waals surface area contributed by atoms with Gasteiger partial charge in [0, 0.05) is 20.4 Å². The van der Waals surface area contributed by atoms with Crippen molar-refractivity contribution >= 4 is 107 Å². The number of Topliss-reactive ketones (excluding diaryl/α,β-unsaturated/α-hetero) is 2. The minimum Gasteiger partial charge on any atom is -0.300 e. The summed E-state index contributed by atoms with van der Waals surface area (Å²) in [7, 11) is -1.78. The van der Waals surface area contributed by atoms with Crippen LogP contribution >= 0.6 is 31.7 Å². The number of carbonyl (C=O) groups is 2. The fourth-order valence-corrected chi connectivity index (χ4v) is 18.3. The third-order valence-electron chi connectivity index (χ3n) is 12.7. The molecule has 0 N–H and O–H groups in total. The van der Waals surface area contributed by atoms with Crippen LogP contribution in [-0.2, 0) is 30.0 Å². The predicted octanol–water partition coefficient (Wildman–Crippen LogP) is 14.3. The van der Waals surface area contributed by atoms with Crippen molar-refractivity contribution < 1.29 is 30.0 Å². The van der Waals surface area contributed by atoms with E-state index in [-0.39, 0.29) is 38.4 Å². The normalized spacial score (nSPS) is 10.3. The molecule has 0 saturated carbocycles. The maximum Gasteiger partial charge on any atom is 0.137 e. The largest absolute Gasteiger partial charge is 0.300 e. The first-order valence-electron chi connectivity index (χ1n) is 27.7. The van der Waals surface area contributed by atoms with Crippen molar-refractivity contribution in [3.8, 4) is 0 Å². The molecule has 0 aromatic heterocycles. The van der Waals surface area contributed by atoms with Gasteiger partial charge in [0.2, 0.25) is 0 Å². The van der Waals surface area contributed by atoms with Gasteiger partial charge in [0.05, 0.1) is 6.42 Å². The Morgan fingerprint density at radius 1 is 0.190 bits per heavy atom. The maximum atomic E-state index is 10.0. The molecule has 2 nitrogen and oxygen atoms in total. The summed E-state index contributed by atoms with van der Waals surface area (Å²) in [4.78, 5) is 20.1. The molecule has 84 heavy (non-hydrogen) atoms. The van der Waals surface area contributed by atoms with Crippen LogP contribution in [0.2, 0.25) is 0 Å². The third kappa shape index (κ3) is 20.3. The molecular weight excluding hydrogens is 1190 g/mol. The van der Waals surface area contributed by atoms with Gasteiger partial charge in [0.1, 0.15) is 11.6 Å². The van der Waals surface area contributed by atoms with Crippen molar-refractivity contribution in [3.05, 3.63) is 364 Å². The molecule has 0 unspecified atom stereocenters. The molecule has 0 fully saturated rings. The maximum absolute atomic E-state index is 10.0. The SMILES string of the molecule is CC(=O)CC(C)=O.[Pd].c1ccc(P(c2ccccc2)c2ccccc2)cc1.c1ccc(P(c2ccccc2)c2ccccc2)cc1.c1ccc(P(c2ccccc2)c2ccccc2)cc1.c1ccc(P(c2ccccc2)c2ccccc2)cc1. The van der Waals surface area contributed by atoms with Gasteiger partial charge >= 0.3 is 0 Å². The van der Waals surface area contributed by atoms with Crippen LogP contribution < -0.4 is 63.7 Å². The van der Waals surface area contributed by atoms with Gasteiger partial charge in [-0.1, -0.05) is 364 Å². The van der Waals surface area contributed by atoms with E-state index < -0.39 is 31.7 Å². The topological polar surface area (TPSA) is 34.1 Å². The summed E-state index contributed by atoms with van der Waals surface area (Å²) in [6, 6.07) is 129. The first-order valence-corrected chi connectivity index (χ1v) is 33.1. The van der Waals surface area contributed by atoms with Crippen LogP contribution in [0.5, 0.6) is 0 Å². The number of carbonyl (C=O) groups excluding carboxylic acids is 2. The third-order valence-corrected chi connectivity index (χ3v) is 22.4. The van der Waals surface area contributed by atoms with Gasteiger partial charge < -0.3 is 0 Å². The van der Waals surface area contributed by atoms with Gasteiger partial charge in [-0.05, 0) is 109 Å². The molecular formula is C77H68O2P4Pd. The smallest absolute Gasteiger partial charge is 0.137 e. The summed E-state index contributed by atoms with van der Waals surface area (Å²) < 4.78 is 0. The second kappa shape index (κ2) is 36.2. The van der Waals surface area contributed by atoms with Crippen molar-refractivity contribution in [2.24, 2.45) is 0 Å². The standard InChI is InChI=1S/4C18H15P.C5H8O2.Pd/c4*1-4-10-16(11-5-1)19(17-12-6-2-7-13-17)18-14-8-3-9-15-18;1-4(6)3-5(2)7;/h4*1-15H;3H2,1-2H3;. The van der Waals surface area contributed by atoms with Crippen molar-refractivity contribution in [2.45, 2.75) is 20.3 Å². The molecule has 12 aromatic rings. The zero-order chi connectivity index (χ0) is 57.5. The molecule has 12 rings (SSSR count). The molecule has 0 heterocycles. The van der Waals surface area contributed by atoms with Crippen LogP contribution in [0.3, 0.4) is 0 Å². The summed E-state index contributed by atoms with van der Waals surface area (Å²) in [5.74, 6) is -0.125. The van der Waals surface area contributed by atoms with E-state index in [4.69, 9.17) is 0 Å². The van der Waals surface area contributed by atoms with Crippen molar-refractivity contribution in [2.75, 3.05) is 0 Å². The van der Waals surface area contributed by atoms with E-state index in [1.54, 1.807) is 0 Å². The molecule has 0 aliphatic rings. The van der Waals surface area contributed by atoms with E-state index in [1.165, 1.54) is 77.5 Å².